The van der Waals surface area contributed by atoms with E-state index in [9.17, 15) is 4.39 Å². The molecule has 2 N–H and O–H groups in total. The molecule has 1 aromatic heterocycles. The minimum absolute atomic E-state index is 0.101. The molecule has 0 aliphatic heterocycles. The average Bonchev–Trinajstić information content (AvgIpc) is 2.56. The number of ether oxygens (including phenoxy) is 3. The van der Waals surface area contributed by atoms with Crippen LogP contribution < -0.4 is 15.2 Å². The van der Waals surface area contributed by atoms with Gasteiger partial charge in [-0.3, -0.25) is 0 Å². The highest BCUT2D eigenvalue weighted by molar-refractivity contribution is 5.76. The molecule has 0 atom stereocenters. The summed E-state index contributed by atoms with van der Waals surface area (Å²) in [5.41, 5.74) is 7.10. The average molecular weight is 307 g/mol. The first-order valence-electron chi connectivity index (χ1n) is 6.76. The van der Waals surface area contributed by atoms with Crippen LogP contribution in [0.15, 0.2) is 36.3 Å². The second kappa shape index (κ2) is 8.26. The van der Waals surface area contributed by atoms with E-state index in [2.05, 4.69) is 9.97 Å². The van der Waals surface area contributed by atoms with E-state index in [0.717, 1.165) is 0 Å². The summed E-state index contributed by atoms with van der Waals surface area (Å²) in [7, 11) is 1.60. The zero-order chi connectivity index (χ0) is 15.8. The van der Waals surface area contributed by atoms with Gasteiger partial charge in [-0.05, 0) is 12.1 Å². The number of hydrogen-bond acceptors (Lipinski definition) is 6. The van der Waals surface area contributed by atoms with Crippen LogP contribution in [0, 0.1) is 0 Å². The van der Waals surface area contributed by atoms with Gasteiger partial charge in [0.1, 0.15) is 19.0 Å². The molecule has 2 rings (SSSR count). The van der Waals surface area contributed by atoms with Gasteiger partial charge in [0.15, 0.2) is 0 Å². The number of fused-ring (bicyclic) bond motifs is 1. The number of nitrogens with two attached hydrogens (primary N) is 1. The van der Waals surface area contributed by atoms with Crippen molar-refractivity contribution in [1.29, 1.82) is 0 Å². The van der Waals surface area contributed by atoms with Crippen molar-refractivity contribution in [3.05, 3.63) is 36.3 Å². The molecule has 1 aromatic carbocycles. The number of hydrogen-bond donors (Lipinski definition) is 1. The summed E-state index contributed by atoms with van der Waals surface area (Å²) < 4.78 is 28.2. The molecule has 118 valence electrons. The van der Waals surface area contributed by atoms with Crippen molar-refractivity contribution < 1.29 is 18.6 Å². The van der Waals surface area contributed by atoms with Crippen molar-refractivity contribution >= 4 is 11.0 Å². The van der Waals surface area contributed by atoms with Gasteiger partial charge in [-0.25, -0.2) is 14.4 Å². The van der Waals surface area contributed by atoms with Gasteiger partial charge in [-0.2, -0.15) is 0 Å². The Morgan fingerprint density at radius 1 is 1.27 bits per heavy atom. The van der Waals surface area contributed by atoms with Gasteiger partial charge in [-0.1, -0.05) is 0 Å². The highest BCUT2D eigenvalue weighted by Gasteiger charge is 2.04. The fraction of sp³-hybridized carbons (Fsp3) is 0.333. The molecule has 0 aliphatic carbocycles. The van der Waals surface area contributed by atoms with Crippen molar-refractivity contribution in [2.45, 2.75) is 0 Å². The van der Waals surface area contributed by atoms with Crippen LogP contribution in [0.25, 0.3) is 11.0 Å². The summed E-state index contributed by atoms with van der Waals surface area (Å²) in [5.74, 6) is 1.01. The maximum absolute atomic E-state index is 12.4. The minimum atomic E-state index is 0.101. The summed E-state index contributed by atoms with van der Waals surface area (Å²) in [4.78, 5) is 8.59. The normalized spacial score (nSPS) is 11.7. The topological polar surface area (TPSA) is 79.5 Å². The second-order valence-electron chi connectivity index (χ2n) is 4.46. The lowest BCUT2D eigenvalue weighted by Gasteiger charge is -2.08. The molecular weight excluding hydrogens is 289 g/mol. The van der Waals surface area contributed by atoms with E-state index >= 15 is 0 Å². The molecule has 0 saturated heterocycles. The minimum Gasteiger partial charge on any atom is -0.489 e. The van der Waals surface area contributed by atoms with Crippen LogP contribution in [0.5, 0.6) is 11.6 Å². The zero-order valence-electron chi connectivity index (χ0n) is 12.3. The van der Waals surface area contributed by atoms with Crippen LogP contribution in [0.2, 0.25) is 0 Å². The van der Waals surface area contributed by atoms with E-state index in [0.29, 0.717) is 47.8 Å². The highest BCUT2D eigenvalue weighted by Crippen LogP contribution is 2.20. The van der Waals surface area contributed by atoms with E-state index in [-0.39, 0.29) is 13.2 Å². The third kappa shape index (κ3) is 4.37. The molecule has 2 aromatic rings. The predicted octanol–water partition coefficient (Wildman–Crippen LogP) is 1.85. The Morgan fingerprint density at radius 3 is 2.86 bits per heavy atom. The van der Waals surface area contributed by atoms with Crippen LogP contribution in [-0.2, 0) is 4.74 Å². The number of benzene rings is 1. The smallest absolute Gasteiger partial charge is 0.232 e. The van der Waals surface area contributed by atoms with Gasteiger partial charge in [0, 0.05) is 25.3 Å². The predicted molar refractivity (Wildman–Crippen MR) is 80.6 cm³/mol. The Hall–Kier alpha value is -2.25. The Morgan fingerprint density at radius 2 is 2.14 bits per heavy atom. The van der Waals surface area contributed by atoms with E-state index in [4.69, 9.17) is 19.9 Å². The van der Waals surface area contributed by atoms with Crippen molar-refractivity contribution in [3.63, 3.8) is 0 Å². The third-order valence-electron chi connectivity index (χ3n) is 2.87. The van der Waals surface area contributed by atoms with Crippen molar-refractivity contribution in [2.75, 3.05) is 33.5 Å². The van der Waals surface area contributed by atoms with Crippen LogP contribution in [-0.4, -0.2) is 43.4 Å². The van der Waals surface area contributed by atoms with Gasteiger partial charge in [-0.15, -0.1) is 0 Å². The molecule has 1 heterocycles. The number of rotatable bonds is 8. The van der Waals surface area contributed by atoms with Crippen LogP contribution >= 0.6 is 0 Å². The van der Waals surface area contributed by atoms with E-state index in [1.807, 2.05) is 0 Å². The first-order chi connectivity index (χ1) is 10.8. The van der Waals surface area contributed by atoms with E-state index in [1.165, 1.54) is 6.20 Å². The second-order valence-corrected chi connectivity index (χ2v) is 4.46. The van der Waals surface area contributed by atoms with Crippen molar-refractivity contribution in [2.24, 2.45) is 5.73 Å². The molecule has 22 heavy (non-hydrogen) atoms. The maximum atomic E-state index is 12.4. The molecule has 0 unspecified atom stereocenters. The summed E-state index contributed by atoms with van der Waals surface area (Å²) in [5, 5.41) is 0. The fourth-order valence-corrected chi connectivity index (χ4v) is 1.67. The van der Waals surface area contributed by atoms with Gasteiger partial charge in [0.2, 0.25) is 5.88 Å². The van der Waals surface area contributed by atoms with Crippen LogP contribution in [0.1, 0.15) is 0 Å². The standard InChI is InChI=1S/C15H18FN3O3/c1-20-4-5-21-15-9-18-14-6-12(2-3-13(14)19-15)22-10-11(7-16)8-17/h2-3,6-7,9H,4-5,8,10,17H2,1H3/b11-7+. The molecule has 0 fully saturated rings. The van der Waals surface area contributed by atoms with E-state index in [1.54, 1.807) is 25.3 Å². The van der Waals surface area contributed by atoms with Crippen LogP contribution in [0.4, 0.5) is 4.39 Å². The largest absolute Gasteiger partial charge is 0.489 e. The summed E-state index contributed by atoms with van der Waals surface area (Å²) >= 11 is 0. The number of nitrogens with zero attached hydrogens (tertiary/aromatic N) is 2. The molecule has 6 nitrogen and oxygen atoms in total. The van der Waals surface area contributed by atoms with Gasteiger partial charge < -0.3 is 19.9 Å². The molecule has 0 aliphatic rings. The van der Waals surface area contributed by atoms with Crippen LogP contribution in [0.3, 0.4) is 0 Å². The van der Waals surface area contributed by atoms with E-state index < -0.39 is 0 Å². The lowest BCUT2D eigenvalue weighted by atomic mass is 10.3. The Labute approximate surface area is 127 Å². The summed E-state index contributed by atoms with van der Waals surface area (Å²) in [6, 6.07) is 5.23. The van der Waals surface area contributed by atoms with Crippen molar-refractivity contribution in [1.82, 2.24) is 9.97 Å². The number of methoxy groups -OCH3 is 1. The fourth-order valence-electron chi connectivity index (χ4n) is 1.67. The third-order valence-corrected chi connectivity index (χ3v) is 2.87. The number of halogens is 1. The molecule has 0 bridgehead atoms. The molecule has 0 amide bonds. The summed E-state index contributed by atoms with van der Waals surface area (Å²) in [6.07, 6.45) is 2.00. The molecule has 0 radical (unpaired) electrons. The lowest BCUT2D eigenvalue weighted by molar-refractivity contribution is 0.143. The maximum Gasteiger partial charge on any atom is 0.232 e. The Balaban J connectivity index is 2.06. The molecule has 7 heteroatoms. The SMILES string of the molecule is COCCOc1cnc2cc(OC/C(=C/F)CN)ccc2n1. The molecule has 0 spiro atoms. The highest BCUT2D eigenvalue weighted by atomic mass is 19.1. The Bertz CT molecular complexity index is 649. The first-order valence-corrected chi connectivity index (χ1v) is 6.76. The van der Waals surface area contributed by atoms with Gasteiger partial charge in [0.25, 0.3) is 0 Å². The van der Waals surface area contributed by atoms with Crippen molar-refractivity contribution in [3.8, 4) is 11.6 Å². The quantitative estimate of drug-likeness (QED) is 0.750. The molecular formula is C15H18FN3O3. The monoisotopic (exact) mass is 307 g/mol. The van der Waals surface area contributed by atoms with Gasteiger partial charge in [0.05, 0.1) is 30.2 Å². The zero-order valence-corrected chi connectivity index (χ0v) is 12.3. The first kappa shape index (κ1) is 16.1. The lowest BCUT2D eigenvalue weighted by Crippen LogP contribution is -2.10. The number of aromatic nitrogens is 2. The van der Waals surface area contributed by atoms with Gasteiger partial charge >= 0.3 is 0 Å². The molecule has 0 saturated carbocycles. The summed E-state index contributed by atoms with van der Waals surface area (Å²) in [6.45, 7) is 1.11. The Kier molecular flexibility index (Phi) is 6.05.